The number of aromatic nitrogens is 2. The molecule has 5 rings (SSSR count). The van der Waals surface area contributed by atoms with Crippen LogP contribution in [0, 0.1) is 18.8 Å². The zero-order valence-corrected chi connectivity index (χ0v) is 22.4. The second-order valence-electron chi connectivity index (χ2n) is 10.0. The number of carbonyl (C=O) groups is 1. The summed E-state index contributed by atoms with van der Waals surface area (Å²) in [5.41, 5.74) is 3.01. The van der Waals surface area contributed by atoms with Crippen LogP contribution in [0.5, 0.6) is 0 Å². The summed E-state index contributed by atoms with van der Waals surface area (Å²) in [4.78, 5) is 36.4. The number of carbonyl (C=O) groups excluding carboxylic acids is 1. The summed E-state index contributed by atoms with van der Waals surface area (Å²) in [5, 5.41) is 0. The van der Waals surface area contributed by atoms with Crippen LogP contribution < -0.4 is 10.5 Å². The number of nitrogens with zero attached hydrogens (tertiary/aromatic N) is 4. The molecule has 0 N–H and O–H groups in total. The monoisotopic (exact) mass is 518 g/mol. The predicted molar refractivity (Wildman–Crippen MR) is 151 cm³/mol. The first kappa shape index (κ1) is 24.7. The van der Waals surface area contributed by atoms with E-state index in [1.54, 1.807) is 21.6 Å². The first-order chi connectivity index (χ1) is 17.3. The first-order valence-electron chi connectivity index (χ1n) is 12.4. The van der Waals surface area contributed by atoms with Gasteiger partial charge in [0.15, 0.2) is 0 Å². The van der Waals surface area contributed by atoms with Crippen LogP contribution in [0.4, 0.5) is 5.82 Å². The summed E-state index contributed by atoms with van der Waals surface area (Å²) in [5.74, 6) is 1.49. The third kappa shape index (κ3) is 4.97. The molecule has 4 heterocycles. The smallest absolute Gasteiger partial charge is 0.267 e. The van der Waals surface area contributed by atoms with Crippen LogP contribution >= 0.6 is 24.0 Å². The Labute approximate surface area is 221 Å². The van der Waals surface area contributed by atoms with Crippen molar-refractivity contribution in [1.29, 1.82) is 0 Å². The molecule has 2 unspecified atom stereocenters. The van der Waals surface area contributed by atoms with Gasteiger partial charge in [-0.25, -0.2) is 4.98 Å². The molecule has 2 aliphatic heterocycles. The molecule has 2 aromatic heterocycles. The number of benzene rings is 1. The molecule has 0 saturated carbocycles. The van der Waals surface area contributed by atoms with Gasteiger partial charge in [-0.1, -0.05) is 74.2 Å². The third-order valence-corrected chi connectivity index (χ3v) is 8.15. The Hall–Kier alpha value is -2.97. The number of rotatable bonds is 5. The average molecular weight is 519 g/mol. The number of aryl methyl sites for hydroxylation is 1. The van der Waals surface area contributed by atoms with Gasteiger partial charge < -0.3 is 4.90 Å². The van der Waals surface area contributed by atoms with Gasteiger partial charge in [-0.2, -0.15) is 0 Å². The number of thioether (sulfide) groups is 1. The van der Waals surface area contributed by atoms with Crippen molar-refractivity contribution in [3.05, 3.63) is 80.6 Å². The highest BCUT2D eigenvalue weighted by molar-refractivity contribution is 8.26. The normalized spacial score (nSPS) is 21.7. The van der Waals surface area contributed by atoms with Gasteiger partial charge in [0.2, 0.25) is 0 Å². The van der Waals surface area contributed by atoms with E-state index in [1.165, 1.54) is 11.8 Å². The van der Waals surface area contributed by atoms with Gasteiger partial charge in [-0.3, -0.25) is 18.9 Å². The first-order valence-corrected chi connectivity index (χ1v) is 13.6. The maximum Gasteiger partial charge on any atom is 0.267 e. The lowest BCUT2D eigenvalue weighted by atomic mass is 9.91. The molecule has 0 aliphatic carbocycles. The fourth-order valence-electron chi connectivity index (χ4n) is 5.16. The van der Waals surface area contributed by atoms with Crippen molar-refractivity contribution in [3.8, 4) is 0 Å². The maximum atomic E-state index is 13.8. The van der Waals surface area contributed by atoms with Gasteiger partial charge >= 0.3 is 0 Å². The Morgan fingerprint density at radius 3 is 2.53 bits per heavy atom. The molecule has 2 atom stereocenters. The SMILES string of the molecule is Cc1ccc2nc(N3CC(C)CC(C)C3)c(C=C3SC(=S)N(CCc4ccccc4)C3=O)c(=O)n2c1. The molecule has 186 valence electrons. The van der Waals surface area contributed by atoms with Crippen LogP contribution in [0.25, 0.3) is 11.7 Å². The largest absolute Gasteiger partial charge is 0.355 e. The highest BCUT2D eigenvalue weighted by atomic mass is 32.2. The number of hydrogen-bond acceptors (Lipinski definition) is 6. The topological polar surface area (TPSA) is 57.9 Å². The molecular formula is C28H30N4O2S2. The molecule has 0 radical (unpaired) electrons. The molecule has 2 fully saturated rings. The zero-order chi connectivity index (χ0) is 25.4. The minimum Gasteiger partial charge on any atom is -0.355 e. The Morgan fingerprint density at radius 2 is 1.81 bits per heavy atom. The Morgan fingerprint density at radius 1 is 1.08 bits per heavy atom. The summed E-state index contributed by atoms with van der Waals surface area (Å²) in [6, 6.07) is 13.9. The van der Waals surface area contributed by atoms with Crippen molar-refractivity contribution in [1.82, 2.24) is 14.3 Å². The van der Waals surface area contributed by atoms with E-state index >= 15 is 0 Å². The highest BCUT2D eigenvalue weighted by Gasteiger charge is 2.33. The Balaban J connectivity index is 1.53. The molecule has 36 heavy (non-hydrogen) atoms. The van der Waals surface area contributed by atoms with Gasteiger partial charge in [-0.05, 0) is 54.9 Å². The summed E-state index contributed by atoms with van der Waals surface area (Å²) in [6.45, 7) is 8.59. The molecule has 0 bridgehead atoms. The lowest BCUT2D eigenvalue weighted by Crippen LogP contribution is -2.40. The van der Waals surface area contributed by atoms with Crippen molar-refractivity contribution in [2.24, 2.45) is 11.8 Å². The van der Waals surface area contributed by atoms with E-state index in [0.29, 0.717) is 44.6 Å². The van der Waals surface area contributed by atoms with E-state index in [9.17, 15) is 9.59 Å². The lowest BCUT2D eigenvalue weighted by Gasteiger charge is -2.36. The summed E-state index contributed by atoms with van der Waals surface area (Å²) < 4.78 is 2.10. The van der Waals surface area contributed by atoms with Crippen molar-refractivity contribution in [2.45, 2.75) is 33.6 Å². The van der Waals surface area contributed by atoms with E-state index in [1.807, 2.05) is 49.4 Å². The van der Waals surface area contributed by atoms with Crippen LogP contribution in [-0.2, 0) is 11.2 Å². The highest BCUT2D eigenvalue weighted by Crippen LogP contribution is 2.34. The van der Waals surface area contributed by atoms with E-state index in [0.717, 1.165) is 37.1 Å². The van der Waals surface area contributed by atoms with E-state index < -0.39 is 0 Å². The Bertz CT molecular complexity index is 1410. The standard InChI is InChI=1S/C28H30N4O2S2/c1-18-9-10-24-29-25(30-15-19(2)13-20(3)16-30)22(26(33)32(24)17-18)14-23-27(34)31(28(35)36-23)12-11-21-7-5-4-6-8-21/h4-10,14,17,19-20H,11-13,15-16H2,1-3H3. The molecule has 1 aromatic carbocycles. The van der Waals surface area contributed by atoms with Crippen molar-refractivity contribution >= 4 is 51.7 Å². The number of thiocarbonyl (C=S) groups is 1. The fourth-order valence-corrected chi connectivity index (χ4v) is 6.45. The number of anilines is 1. The summed E-state index contributed by atoms with van der Waals surface area (Å²) in [6.07, 6.45) is 5.38. The molecule has 3 aromatic rings. The van der Waals surface area contributed by atoms with Gasteiger partial charge in [0.1, 0.15) is 15.8 Å². The molecule has 2 saturated heterocycles. The number of fused-ring (bicyclic) bond motifs is 1. The van der Waals surface area contributed by atoms with Crippen LogP contribution in [0.3, 0.4) is 0 Å². The second kappa shape index (κ2) is 10.2. The van der Waals surface area contributed by atoms with Crippen LogP contribution in [0.1, 0.15) is 37.0 Å². The number of hydrogen-bond donors (Lipinski definition) is 0. The molecular weight excluding hydrogens is 488 g/mol. The minimum atomic E-state index is -0.167. The van der Waals surface area contributed by atoms with Gasteiger partial charge in [0.25, 0.3) is 11.5 Å². The second-order valence-corrected chi connectivity index (χ2v) is 11.7. The van der Waals surface area contributed by atoms with Gasteiger partial charge in [0.05, 0.1) is 10.5 Å². The van der Waals surface area contributed by atoms with Crippen molar-refractivity contribution in [3.63, 3.8) is 0 Å². The van der Waals surface area contributed by atoms with Gasteiger partial charge in [-0.15, -0.1) is 0 Å². The number of piperidine rings is 1. The van der Waals surface area contributed by atoms with Crippen molar-refractivity contribution in [2.75, 3.05) is 24.5 Å². The molecule has 1 amide bonds. The van der Waals surface area contributed by atoms with Crippen LogP contribution in [-0.4, -0.2) is 44.1 Å². The molecule has 0 spiro atoms. The maximum absolute atomic E-state index is 13.8. The fraction of sp³-hybridized carbons (Fsp3) is 0.357. The van der Waals surface area contributed by atoms with Crippen LogP contribution in [0.2, 0.25) is 0 Å². The lowest BCUT2D eigenvalue weighted by molar-refractivity contribution is -0.122. The summed E-state index contributed by atoms with van der Waals surface area (Å²) in [7, 11) is 0. The Kier molecular flexibility index (Phi) is 6.99. The molecule has 8 heteroatoms. The van der Waals surface area contributed by atoms with E-state index in [2.05, 4.69) is 18.7 Å². The average Bonchev–Trinajstić information content (AvgIpc) is 3.11. The number of pyridine rings is 1. The minimum absolute atomic E-state index is 0.152. The zero-order valence-electron chi connectivity index (χ0n) is 20.8. The molecule has 2 aliphatic rings. The van der Waals surface area contributed by atoms with E-state index in [-0.39, 0.29) is 11.5 Å². The predicted octanol–water partition coefficient (Wildman–Crippen LogP) is 4.93. The van der Waals surface area contributed by atoms with Crippen molar-refractivity contribution < 1.29 is 4.79 Å². The summed E-state index contributed by atoms with van der Waals surface area (Å²) >= 11 is 6.82. The van der Waals surface area contributed by atoms with Gasteiger partial charge in [0, 0.05) is 25.8 Å². The third-order valence-electron chi connectivity index (χ3n) is 6.77. The number of amides is 1. The van der Waals surface area contributed by atoms with E-state index in [4.69, 9.17) is 17.2 Å². The molecule has 6 nitrogen and oxygen atoms in total. The quantitative estimate of drug-likeness (QED) is 0.353. The van der Waals surface area contributed by atoms with Crippen LogP contribution in [0.15, 0.2) is 58.4 Å².